The number of carbonyl (C=O) groups is 2. The monoisotopic (exact) mass is 494 g/mol. The molecule has 0 bridgehead atoms. The molecule has 4 rings (SSSR count). The van der Waals surface area contributed by atoms with Crippen LogP contribution in [0.4, 0.5) is 10.6 Å². The first-order valence-electron chi connectivity index (χ1n) is 11.0. The number of nitrogens with zero attached hydrogens (tertiary/aromatic N) is 3. The SMILES string of the molecule is COc1ccc(Oc2cc(N(C)CCOc3ccc(C[C@]4(C)SC(=O)NC4=O)cc3)ncn2)cc1. The summed E-state index contributed by atoms with van der Waals surface area (Å²) in [5.74, 6) is 3.01. The second kappa shape index (κ2) is 10.6. The van der Waals surface area contributed by atoms with Crippen molar-refractivity contribution in [1.29, 1.82) is 0 Å². The van der Waals surface area contributed by atoms with E-state index >= 15 is 0 Å². The lowest BCUT2D eigenvalue weighted by molar-refractivity contribution is -0.121. The minimum Gasteiger partial charge on any atom is -0.497 e. The molecule has 1 atom stereocenters. The topological polar surface area (TPSA) is 103 Å². The van der Waals surface area contributed by atoms with E-state index in [9.17, 15) is 9.59 Å². The van der Waals surface area contributed by atoms with Crippen molar-refractivity contribution < 1.29 is 23.8 Å². The van der Waals surface area contributed by atoms with Crippen LogP contribution in [0.1, 0.15) is 12.5 Å². The lowest BCUT2D eigenvalue weighted by Gasteiger charge is -2.19. The van der Waals surface area contributed by atoms with Gasteiger partial charge in [-0.25, -0.2) is 9.97 Å². The Morgan fingerprint density at radius 1 is 1.00 bits per heavy atom. The van der Waals surface area contributed by atoms with E-state index in [1.54, 1.807) is 20.1 Å². The number of hydrogen-bond acceptors (Lipinski definition) is 9. The van der Waals surface area contributed by atoms with Crippen molar-refractivity contribution in [2.75, 3.05) is 32.2 Å². The third-order valence-electron chi connectivity index (χ3n) is 5.47. The van der Waals surface area contributed by atoms with Gasteiger partial charge in [0.25, 0.3) is 5.24 Å². The van der Waals surface area contributed by atoms with Crippen LogP contribution in [-0.2, 0) is 11.2 Å². The molecule has 3 aromatic rings. The predicted octanol–water partition coefficient (Wildman–Crippen LogP) is 4.08. The summed E-state index contributed by atoms with van der Waals surface area (Å²) in [6.45, 7) is 2.81. The van der Waals surface area contributed by atoms with Crippen molar-refractivity contribution in [3.05, 3.63) is 66.5 Å². The molecule has 10 heteroatoms. The smallest absolute Gasteiger partial charge is 0.286 e. The fourth-order valence-electron chi connectivity index (χ4n) is 3.48. The number of carbonyl (C=O) groups excluding carboxylic acids is 2. The van der Waals surface area contributed by atoms with E-state index in [2.05, 4.69) is 15.3 Å². The van der Waals surface area contributed by atoms with Crippen LogP contribution in [0.25, 0.3) is 0 Å². The number of likely N-dealkylation sites (N-methyl/N-ethyl adjacent to an activating group) is 1. The maximum atomic E-state index is 12.0. The Labute approximate surface area is 207 Å². The second-order valence-electron chi connectivity index (χ2n) is 8.16. The van der Waals surface area contributed by atoms with Gasteiger partial charge in [0.2, 0.25) is 11.8 Å². The molecule has 0 spiro atoms. The largest absolute Gasteiger partial charge is 0.497 e. The summed E-state index contributed by atoms with van der Waals surface area (Å²) in [5.41, 5.74) is 0.958. The summed E-state index contributed by atoms with van der Waals surface area (Å²) in [4.78, 5) is 34.0. The molecule has 0 unspecified atom stereocenters. The molecule has 0 radical (unpaired) electrons. The zero-order chi connectivity index (χ0) is 24.8. The standard InChI is InChI=1S/C25H26N4O5S/c1-25(23(30)28-24(31)35-25)15-17-4-6-19(7-5-17)33-13-12-29(2)21-14-22(27-16-26-21)34-20-10-8-18(32-3)9-11-20/h4-11,14,16H,12-13,15H2,1-3H3,(H,28,30,31)/t25-/m0/s1. The Balaban J connectivity index is 1.27. The van der Waals surface area contributed by atoms with Gasteiger partial charge in [-0.1, -0.05) is 12.1 Å². The Morgan fingerprint density at radius 2 is 1.69 bits per heavy atom. The van der Waals surface area contributed by atoms with Crippen LogP contribution < -0.4 is 24.4 Å². The van der Waals surface area contributed by atoms with Gasteiger partial charge in [0.15, 0.2) is 0 Å². The molecular formula is C25H26N4O5S. The Kier molecular flexibility index (Phi) is 7.40. The fraction of sp³-hybridized carbons (Fsp3) is 0.280. The third-order valence-corrected chi connectivity index (χ3v) is 6.54. The number of imide groups is 1. The molecule has 182 valence electrons. The van der Waals surface area contributed by atoms with Crippen LogP contribution >= 0.6 is 11.8 Å². The van der Waals surface area contributed by atoms with Crippen molar-refractivity contribution in [2.45, 2.75) is 18.1 Å². The fourth-order valence-corrected chi connectivity index (χ4v) is 4.42. The lowest BCUT2D eigenvalue weighted by atomic mass is 9.99. The average molecular weight is 495 g/mol. The molecule has 1 saturated heterocycles. The van der Waals surface area contributed by atoms with Gasteiger partial charge in [-0.15, -0.1) is 0 Å². The molecule has 1 aromatic heterocycles. The van der Waals surface area contributed by atoms with E-state index in [-0.39, 0.29) is 11.1 Å². The Hall–Kier alpha value is -3.79. The number of benzene rings is 2. The van der Waals surface area contributed by atoms with Gasteiger partial charge in [0.1, 0.15) is 40.7 Å². The van der Waals surface area contributed by atoms with Gasteiger partial charge in [-0.05, 0) is 67.1 Å². The van der Waals surface area contributed by atoms with E-state index in [0.29, 0.717) is 37.0 Å². The van der Waals surface area contributed by atoms with Crippen molar-refractivity contribution in [1.82, 2.24) is 15.3 Å². The van der Waals surface area contributed by atoms with Crippen molar-refractivity contribution >= 4 is 28.7 Å². The first-order valence-corrected chi connectivity index (χ1v) is 11.8. The highest BCUT2D eigenvalue weighted by molar-refractivity contribution is 8.16. The van der Waals surface area contributed by atoms with Gasteiger partial charge in [-0.3, -0.25) is 14.9 Å². The average Bonchev–Trinajstić information content (AvgIpc) is 3.11. The van der Waals surface area contributed by atoms with Crippen LogP contribution in [0.5, 0.6) is 23.1 Å². The minimum atomic E-state index is -0.782. The zero-order valence-electron chi connectivity index (χ0n) is 19.7. The number of amides is 2. The van der Waals surface area contributed by atoms with Crippen LogP contribution in [0.3, 0.4) is 0 Å². The number of nitrogens with one attached hydrogen (secondary N) is 1. The number of aromatic nitrogens is 2. The molecule has 35 heavy (non-hydrogen) atoms. The van der Waals surface area contributed by atoms with E-state index < -0.39 is 4.75 Å². The first kappa shape index (κ1) is 24.3. The summed E-state index contributed by atoms with van der Waals surface area (Å²) in [6.07, 6.45) is 1.92. The summed E-state index contributed by atoms with van der Waals surface area (Å²) < 4.78 is 16.1. The van der Waals surface area contributed by atoms with Crippen LogP contribution in [0.15, 0.2) is 60.9 Å². The van der Waals surface area contributed by atoms with Crippen molar-refractivity contribution in [3.63, 3.8) is 0 Å². The summed E-state index contributed by atoms with van der Waals surface area (Å²) >= 11 is 1.03. The molecule has 1 N–H and O–H groups in total. The zero-order valence-corrected chi connectivity index (χ0v) is 20.5. The third kappa shape index (κ3) is 6.21. The maximum absolute atomic E-state index is 12.0. The molecule has 0 saturated carbocycles. The van der Waals surface area contributed by atoms with Crippen molar-refractivity contribution in [2.24, 2.45) is 0 Å². The van der Waals surface area contributed by atoms with Crippen LogP contribution in [0, 0.1) is 0 Å². The number of methoxy groups -OCH3 is 1. The molecule has 1 aliphatic rings. The highest BCUT2D eigenvalue weighted by Gasteiger charge is 2.43. The van der Waals surface area contributed by atoms with Gasteiger partial charge in [-0.2, -0.15) is 0 Å². The molecule has 2 heterocycles. The Morgan fingerprint density at radius 3 is 2.34 bits per heavy atom. The Bertz CT molecular complexity index is 1190. The molecule has 2 amide bonds. The first-order chi connectivity index (χ1) is 16.8. The van der Waals surface area contributed by atoms with E-state index in [0.717, 1.165) is 28.8 Å². The van der Waals surface area contributed by atoms with E-state index in [1.165, 1.54) is 6.33 Å². The predicted molar refractivity (Wildman–Crippen MR) is 134 cm³/mol. The molecule has 1 fully saturated rings. The molecular weight excluding hydrogens is 468 g/mol. The maximum Gasteiger partial charge on any atom is 0.286 e. The van der Waals surface area contributed by atoms with Gasteiger partial charge in [0, 0.05) is 13.1 Å². The molecule has 1 aliphatic heterocycles. The summed E-state index contributed by atoms with van der Waals surface area (Å²) in [5, 5.41) is 2.04. The van der Waals surface area contributed by atoms with Crippen LogP contribution in [0.2, 0.25) is 0 Å². The normalized spacial score (nSPS) is 17.1. The van der Waals surface area contributed by atoms with Gasteiger partial charge >= 0.3 is 0 Å². The number of rotatable bonds is 10. The van der Waals surface area contributed by atoms with Gasteiger partial charge < -0.3 is 19.1 Å². The number of thioether (sulfide) groups is 1. The highest BCUT2D eigenvalue weighted by atomic mass is 32.2. The van der Waals surface area contributed by atoms with E-state index in [1.807, 2.05) is 60.5 Å². The van der Waals surface area contributed by atoms with Crippen molar-refractivity contribution in [3.8, 4) is 23.1 Å². The quantitative estimate of drug-likeness (QED) is 0.447. The van der Waals surface area contributed by atoms with Gasteiger partial charge in [0.05, 0.1) is 13.7 Å². The number of ether oxygens (including phenoxy) is 3. The molecule has 9 nitrogen and oxygen atoms in total. The molecule has 0 aliphatic carbocycles. The summed E-state index contributed by atoms with van der Waals surface area (Å²) in [7, 11) is 3.53. The van der Waals surface area contributed by atoms with E-state index in [4.69, 9.17) is 14.2 Å². The number of hydrogen-bond donors (Lipinski definition) is 1. The van der Waals surface area contributed by atoms with Crippen LogP contribution in [-0.4, -0.2) is 53.2 Å². The highest BCUT2D eigenvalue weighted by Crippen LogP contribution is 2.35. The second-order valence-corrected chi connectivity index (χ2v) is 9.63. The molecule has 2 aromatic carbocycles. The lowest BCUT2D eigenvalue weighted by Crippen LogP contribution is -2.35. The summed E-state index contributed by atoms with van der Waals surface area (Å²) in [6, 6.07) is 16.6. The minimum absolute atomic E-state index is 0.252. The number of anilines is 1.